The van der Waals surface area contributed by atoms with E-state index in [1.54, 1.807) is 0 Å². The smallest absolute Gasteiger partial charge is 0.220 e. The molecule has 0 atom stereocenters. The third kappa shape index (κ3) is 2.48. The highest BCUT2D eigenvalue weighted by atomic mass is 16.1. The van der Waals surface area contributed by atoms with Gasteiger partial charge in [0.2, 0.25) is 5.91 Å². The quantitative estimate of drug-likeness (QED) is 0.645. The first-order valence-corrected chi connectivity index (χ1v) is 4.62. The lowest BCUT2D eigenvalue weighted by atomic mass is 9.80. The average molecular weight is 170 g/mol. The van der Waals surface area contributed by atoms with E-state index in [-0.39, 0.29) is 11.8 Å². The summed E-state index contributed by atoms with van der Waals surface area (Å²) in [6.45, 7) is 5.39. The van der Waals surface area contributed by atoms with Gasteiger partial charge in [-0.1, -0.05) is 13.8 Å². The number of nitrogens with two attached hydrogens (primary N) is 1. The molecule has 3 N–H and O–H groups in total. The normalized spacial score (nSPS) is 28.6. The summed E-state index contributed by atoms with van der Waals surface area (Å²) in [5.74, 6) is 0.671. The van der Waals surface area contributed by atoms with E-state index in [0.29, 0.717) is 12.0 Å². The number of carbonyl (C=O) groups is 1. The summed E-state index contributed by atoms with van der Waals surface area (Å²) < 4.78 is 0. The summed E-state index contributed by atoms with van der Waals surface area (Å²) in [5.41, 5.74) is 5.15. The van der Waals surface area contributed by atoms with Crippen molar-refractivity contribution < 1.29 is 4.79 Å². The molecule has 0 aromatic rings. The third-order valence-corrected chi connectivity index (χ3v) is 2.36. The molecule has 1 amide bonds. The standard InChI is InChI=1S/C9H18N2O/c1-6(2)5-11-8-3-7(4-8)9(10)12/h6-8,11H,3-5H2,1-2H3,(H2,10,12)/t7-,8+. The van der Waals surface area contributed by atoms with Crippen LogP contribution in [-0.4, -0.2) is 18.5 Å². The molecule has 0 unspecified atom stereocenters. The molecule has 1 aliphatic carbocycles. The van der Waals surface area contributed by atoms with Gasteiger partial charge in [-0.3, -0.25) is 4.79 Å². The van der Waals surface area contributed by atoms with E-state index in [0.717, 1.165) is 19.4 Å². The van der Waals surface area contributed by atoms with Crippen LogP contribution in [-0.2, 0) is 4.79 Å². The van der Waals surface area contributed by atoms with E-state index in [9.17, 15) is 4.79 Å². The molecule has 12 heavy (non-hydrogen) atoms. The van der Waals surface area contributed by atoms with Crippen LogP contribution in [0, 0.1) is 11.8 Å². The van der Waals surface area contributed by atoms with Crippen LogP contribution in [0.5, 0.6) is 0 Å². The zero-order valence-electron chi connectivity index (χ0n) is 7.84. The zero-order valence-corrected chi connectivity index (χ0v) is 7.84. The van der Waals surface area contributed by atoms with Crippen molar-refractivity contribution in [1.29, 1.82) is 0 Å². The predicted octanol–water partition coefficient (Wildman–Crippen LogP) is 0.496. The Morgan fingerprint density at radius 1 is 1.58 bits per heavy atom. The molecule has 3 nitrogen and oxygen atoms in total. The van der Waals surface area contributed by atoms with Gasteiger partial charge < -0.3 is 11.1 Å². The van der Waals surface area contributed by atoms with Gasteiger partial charge in [0.1, 0.15) is 0 Å². The highest BCUT2D eigenvalue weighted by molar-refractivity contribution is 5.77. The zero-order chi connectivity index (χ0) is 9.14. The highest BCUT2D eigenvalue weighted by Gasteiger charge is 2.32. The second kappa shape index (κ2) is 3.90. The Kier molecular flexibility index (Phi) is 3.09. The Balaban J connectivity index is 2.06. The van der Waals surface area contributed by atoms with Crippen LogP contribution in [0.1, 0.15) is 26.7 Å². The number of amides is 1. The minimum Gasteiger partial charge on any atom is -0.369 e. The van der Waals surface area contributed by atoms with Gasteiger partial charge >= 0.3 is 0 Å². The topological polar surface area (TPSA) is 55.1 Å². The van der Waals surface area contributed by atoms with Crippen molar-refractivity contribution in [3.05, 3.63) is 0 Å². The molecule has 0 aromatic carbocycles. The molecule has 3 heteroatoms. The predicted molar refractivity (Wildman–Crippen MR) is 48.5 cm³/mol. The number of hydrogen-bond donors (Lipinski definition) is 2. The first-order chi connectivity index (χ1) is 5.59. The molecule has 1 aliphatic rings. The molecule has 0 saturated heterocycles. The van der Waals surface area contributed by atoms with Crippen molar-refractivity contribution >= 4 is 5.91 Å². The molecule has 0 aliphatic heterocycles. The summed E-state index contributed by atoms with van der Waals surface area (Å²) in [7, 11) is 0. The fourth-order valence-corrected chi connectivity index (χ4v) is 1.42. The van der Waals surface area contributed by atoms with E-state index in [1.165, 1.54) is 0 Å². The van der Waals surface area contributed by atoms with Gasteiger partial charge in [-0.25, -0.2) is 0 Å². The van der Waals surface area contributed by atoms with Crippen LogP contribution >= 0.6 is 0 Å². The Hall–Kier alpha value is -0.570. The summed E-state index contributed by atoms with van der Waals surface area (Å²) in [6, 6.07) is 0.532. The van der Waals surface area contributed by atoms with Gasteiger partial charge in [-0.05, 0) is 25.3 Å². The van der Waals surface area contributed by atoms with Gasteiger partial charge in [-0.2, -0.15) is 0 Å². The van der Waals surface area contributed by atoms with Crippen LogP contribution in [0.2, 0.25) is 0 Å². The van der Waals surface area contributed by atoms with Crippen LogP contribution in [0.25, 0.3) is 0 Å². The largest absolute Gasteiger partial charge is 0.369 e. The number of nitrogens with one attached hydrogen (secondary N) is 1. The fraction of sp³-hybridized carbons (Fsp3) is 0.889. The summed E-state index contributed by atoms with van der Waals surface area (Å²) in [5, 5.41) is 3.40. The molecule has 0 heterocycles. The lowest BCUT2D eigenvalue weighted by Gasteiger charge is -2.34. The SMILES string of the molecule is CC(C)CN[C@H]1C[C@@H](C(N)=O)C1. The van der Waals surface area contributed by atoms with Crippen molar-refractivity contribution in [2.24, 2.45) is 17.6 Å². The van der Waals surface area contributed by atoms with E-state index < -0.39 is 0 Å². The highest BCUT2D eigenvalue weighted by Crippen LogP contribution is 2.26. The van der Waals surface area contributed by atoms with Crippen LogP contribution in [0.4, 0.5) is 0 Å². The monoisotopic (exact) mass is 170 g/mol. The number of hydrogen-bond acceptors (Lipinski definition) is 2. The molecule has 1 fully saturated rings. The molecule has 0 bridgehead atoms. The van der Waals surface area contributed by atoms with Crippen LogP contribution < -0.4 is 11.1 Å². The van der Waals surface area contributed by atoms with Crippen LogP contribution in [0.15, 0.2) is 0 Å². The molecule has 0 radical (unpaired) electrons. The van der Waals surface area contributed by atoms with E-state index in [2.05, 4.69) is 19.2 Å². The molecular weight excluding hydrogens is 152 g/mol. The minimum absolute atomic E-state index is 0.134. The molecular formula is C9H18N2O. The van der Waals surface area contributed by atoms with Crippen molar-refractivity contribution in [1.82, 2.24) is 5.32 Å². The van der Waals surface area contributed by atoms with Gasteiger partial charge in [0, 0.05) is 12.0 Å². The van der Waals surface area contributed by atoms with E-state index >= 15 is 0 Å². The Morgan fingerprint density at radius 2 is 2.17 bits per heavy atom. The average Bonchev–Trinajstić information content (AvgIpc) is 1.82. The maximum Gasteiger partial charge on any atom is 0.220 e. The number of rotatable bonds is 4. The lowest BCUT2D eigenvalue weighted by Crippen LogP contribution is -2.47. The fourth-order valence-electron chi connectivity index (χ4n) is 1.42. The Bertz CT molecular complexity index is 162. The second-order valence-corrected chi connectivity index (χ2v) is 4.07. The van der Waals surface area contributed by atoms with Crippen molar-refractivity contribution in [2.45, 2.75) is 32.7 Å². The van der Waals surface area contributed by atoms with Crippen LogP contribution in [0.3, 0.4) is 0 Å². The van der Waals surface area contributed by atoms with E-state index in [4.69, 9.17) is 5.73 Å². The summed E-state index contributed by atoms with van der Waals surface area (Å²) >= 11 is 0. The molecule has 1 rings (SSSR count). The number of primary amides is 1. The van der Waals surface area contributed by atoms with Gasteiger partial charge in [0.05, 0.1) is 0 Å². The van der Waals surface area contributed by atoms with Gasteiger partial charge in [0.25, 0.3) is 0 Å². The van der Waals surface area contributed by atoms with Gasteiger partial charge in [-0.15, -0.1) is 0 Å². The summed E-state index contributed by atoms with van der Waals surface area (Å²) in [6.07, 6.45) is 1.87. The molecule has 0 aromatic heterocycles. The lowest BCUT2D eigenvalue weighted by molar-refractivity contribution is -0.124. The Labute approximate surface area is 73.7 Å². The maximum absolute atomic E-state index is 10.7. The summed E-state index contributed by atoms with van der Waals surface area (Å²) in [4.78, 5) is 10.7. The number of carbonyl (C=O) groups excluding carboxylic acids is 1. The first kappa shape index (κ1) is 9.52. The molecule has 70 valence electrons. The third-order valence-electron chi connectivity index (χ3n) is 2.36. The van der Waals surface area contributed by atoms with Crippen molar-refractivity contribution in [2.75, 3.05) is 6.54 Å². The van der Waals surface area contributed by atoms with Crippen molar-refractivity contribution in [3.63, 3.8) is 0 Å². The minimum atomic E-state index is -0.141. The van der Waals surface area contributed by atoms with Crippen molar-refractivity contribution in [3.8, 4) is 0 Å². The molecule has 0 spiro atoms. The second-order valence-electron chi connectivity index (χ2n) is 4.07. The molecule has 1 saturated carbocycles. The maximum atomic E-state index is 10.7. The first-order valence-electron chi connectivity index (χ1n) is 4.62. The Morgan fingerprint density at radius 3 is 2.58 bits per heavy atom. The van der Waals surface area contributed by atoms with Gasteiger partial charge in [0.15, 0.2) is 0 Å². The van der Waals surface area contributed by atoms with E-state index in [1.807, 2.05) is 0 Å².